The number of aromatic nitrogens is 2. The Morgan fingerprint density at radius 1 is 1.40 bits per heavy atom. The summed E-state index contributed by atoms with van der Waals surface area (Å²) in [4.78, 5) is 18.5. The van der Waals surface area contributed by atoms with E-state index in [1.54, 1.807) is 6.92 Å². The van der Waals surface area contributed by atoms with Gasteiger partial charge in [-0.2, -0.15) is 13.2 Å². The highest BCUT2D eigenvalue weighted by atomic mass is 19.4. The van der Waals surface area contributed by atoms with E-state index in [-0.39, 0.29) is 25.7 Å². The molecule has 1 heterocycles. The Morgan fingerprint density at radius 3 is 2.35 bits per heavy atom. The summed E-state index contributed by atoms with van der Waals surface area (Å²) in [7, 11) is 0. The van der Waals surface area contributed by atoms with Crippen molar-refractivity contribution in [3.8, 4) is 0 Å². The summed E-state index contributed by atoms with van der Waals surface area (Å²) >= 11 is 0. The fourth-order valence-corrected chi connectivity index (χ4v) is 2.58. The van der Waals surface area contributed by atoms with E-state index in [9.17, 15) is 18.0 Å². The third-order valence-corrected chi connectivity index (χ3v) is 3.87. The maximum absolute atomic E-state index is 13.2. The second kappa shape index (κ2) is 5.03. The van der Waals surface area contributed by atoms with Gasteiger partial charge in [-0.3, -0.25) is 4.79 Å². The molecule has 1 aromatic heterocycles. The van der Waals surface area contributed by atoms with Gasteiger partial charge >= 0.3 is 12.1 Å². The Kier molecular flexibility index (Phi) is 3.71. The Bertz CT molecular complexity index is 495. The van der Waals surface area contributed by atoms with Gasteiger partial charge in [0.05, 0.1) is 5.41 Å². The smallest absolute Gasteiger partial charge is 0.395 e. The Morgan fingerprint density at radius 2 is 1.95 bits per heavy atom. The number of hydrogen-bond donors (Lipinski definition) is 1. The monoisotopic (exact) mass is 288 g/mol. The van der Waals surface area contributed by atoms with Crippen LogP contribution < -0.4 is 0 Å². The lowest BCUT2D eigenvalue weighted by Gasteiger charge is -2.28. The van der Waals surface area contributed by atoms with E-state index in [4.69, 9.17) is 5.11 Å². The number of hydrogen-bond acceptors (Lipinski definition) is 3. The first-order valence-electron chi connectivity index (χ1n) is 6.33. The molecule has 0 amide bonds. The lowest BCUT2D eigenvalue weighted by molar-refractivity contribution is -0.195. The molecule has 110 valence electrons. The van der Waals surface area contributed by atoms with Crippen molar-refractivity contribution in [2.75, 3.05) is 0 Å². The van der Waals surface area contributed by atoms with Crippen LogP contribution in [0.2, 0.25) is 0 Å². The molecule has 0 aliphatic heterocycles. The van der Waals surface area contributed by atoms with Crippen molar-refractivity contribution in [3.63, 3.8) is 0 Å². The number of aliphatic carboxylic acids is 1. The summed E-state index contributed by atoms with van der Waals surface area (Å²) in [6.07, 6.45) is -1.86. The fourth-order valence-electron chi connectivity index (χ4n) is 2.58. The summed E-state index contributed by atoms with van der Waals surface area (Å²) in [5.41, 5.74) is -1.44. The second-order valence-electron chi connectivity index (χ2n) is 5.20. The van der Waals surface area contributed by atoms with Crippen LogP contribution in [0.1, 0.15) is 43.0 Å². The standard InChI is InChI=1S/C13H15F3N2O2/c1-8-17-6-9(7-18-8)10(2-3-11(19)20)12(4-5-12)13(14,15)16/h6-7,10H,2-5H2,1H3,(H,19,20). The van der Waals surface area contributed by atoms with E-state index < -0.39 is 23.5 Å². The number of carbonyl (C=O) groups is 1. The summed E-state index contributed by atoms with van der Waals surface area (Å²) in [5, 5.41) is 8.73. The zero-order chi connectivity index (χ0) is 15.0. The largest absolute Gasteiger partial charge is 0.481 e. The molecule has 0 bridgehead atoms. The molecule has 1 aliphatic carbocycles. The average Bonchev–Trinajstić information content (AvgIpc) is 3.12. The van der Waals surface area contributed by atoms with Gasteiger partial charge in [-0.1, -0.05) is 0 Å². The molecule has 1 saturated carbocycles. The number of alkyl halides is 3. The number of halogens is 3. The molecule has 0 spiro atoms. The average molecular weight is 288 g/mol. The highest BCUT2D eigenvalue weighted by Crippen LogP contribution is 2.66. The van der Waals surface area contributed by atoms with E-state index >= 15 is 0 Å². The van der Waals surface area contributed by atoms with Crippen molar-refractivity contribution >= 4 is 5.97 Å². The van der Waals surface area contributed by atoms with Crippen molar-refractivity contribution in [2.24, 2.45) is 5.41 Å². The molecule has 2 rings (SSSR count). The molecule has 4 nitrogen and oxygen atoms in total. The van der Waals surface area contributed by atoms with Gasteiger partial charge < -0.3 is 5.11 Å². The number of rotatable bonds is 5. The summed E-state index contributed by atoms with van der Waals surface area (Å²) < 4.78 is 39.7. The minimum absolute atomic E-state index is 0.0364. The first-order chi connectivity index (χ1) is 9.26. The minimum Gasteiger partial charge on any atom is -0.481 e. The van der Waals surface area contributed by atoms with Crippen LogP contribution in [0.5, 0.6) is 0 Å². The van der Waals surface area contributed by atoms with Crippen LogP contribution in [-0.4, -0.2) is 27.2 Å². The normalized spacial score (nSPS) is 18.6. The number of carboxylic acids is 1. The maximum Gasteiger partial charge on any atom is 0.395 e. The second-order valence-corrected chi connectivity index (χ2v) is 5.20. The predicted molar refractivity (Wildman–Crippen MR) is 64.1 cm³/mol. The quantitative estimate of drug-likeness (QED) is 0.904. The van der Waals surface area contributed by atoms with Gasteiger partial charge in [-0.05, 0) is 31.7 Å². The predicted octanol–water partition coefficient (Wildman–Crippen LogP) is 3.08. The van der Waals surface area contributed by atoms with Crippen LogP contribution in [0, 0.1) is 12.3 Å². The molecule has 0 saturated heterocycles. The summed E-state index contributed by atoms with van der Waals surface area (Å²) in [6.45, 7) is 1.65. The van der Waals surface area contributed by atoms with E-state index in [1.165, 1.54) is 12.4 Å². The van der Waals surface area contributed by atoms with Gasteiger partial charge in [0.1, 0.15) is 5.82 Å². The molecular formula is C13H15F3N2O2. The third-order valence-electron chi connectivity index (χ3n) is 3.87. The molecule has 1 atom stereocenters. The fraction of sp³-hybridized carbons (Fsp3) is 0.615. The lowest BCUT2D eigenvalue weighted by Crippen LogP contribution is -2.31. The first-order valence-corrected chi connectivity index (χ1v) is 6.33. The molecular weight excluding hydrogens is 273 g/mol. The lowest BCUT2D eigenvalue weighted by atomic mass is 9.80. The van der Waals surface area contributed by atoms with Crippen LogP contribution in [0.25, 0.3) is 0 Å². The van der Waals surface area contributed by atoms with Crippen LogP contribution >= 0.6 is 0 Å². The van der Waals surface area contributed by atoms with Gasteiger partial charge in [0.2, 0.25) is 0 Å². The van der Waals surface area contributed by atoms with Crippen LogP contribution in [0.15, 0.2) is 12.4 Å². The molecule has 7 heteroatoms. The molecule has 1 unspecified atom stereocenters. The molecule has 1 aromatic rings. The minimum atomic E-state index is -4.33. The van der Waals surface area contributed by atoms with Gasteiger partial charge in [-0.25, -0.2) is 9.97 Å². The van der Waals surface area contributed by atoms with Crippen molar-refractivity contribution in [2.45, 2.75) is 44.7 Å². The molecule has 1 aliphatic rings. The van der Waals surface area contributed by atoms with Crippen LogP contribution in [0.4, 0.5) is 13.2 Å². The zero-order valence-electron chi connectivity index (χ0n) is 10.9. The van der Waals surface area contributed by atoms with Crippen LogP contribution in [-0.2, 0) is 4.79 Å². The van der Waals surface area contributed by atoms with Crippen LogP contribution in [0.3, 0.4) is 0 Å². The SMILES string of the molecule is Cc1ncc(C(CCC(=O)O)C2(C(F)(F)F)CC2)cn1. The Hall–Kier alpha value is -1.66. The van der Waals surface area contributed by atoms with Crippen molar-refractivity contribution in [3.05, 3.63) is 23.8 Å². The molecule has 0 aromatic carbocycles. The number of aryl methyl sites for hydroxylation is 1. The highest BCUT2D eigenvalue weighted by Gasteiger charge is 2.67. The van der Waals surface area contributed by atoms with Crippen molar-refractivity contribution < 1.29 is 23.1 Å². The highest BCUT2D eigenvalue weighted by molar-refractivity contribution is 5.66. The molecule has 0 radical (unpaired) electrons. The van der Waals surface area contributed by atoms with E-state index in [0.717, 1.165) is 0 Å². The van der Waals surface area contributed by atoms with Gasteiger partial charge in [0.15, 0.2) is 0 Å². The molecule has 1 fully saturated rings. The Labute approximate surface area is 114 Å². The first kappa shape index (κ1) is 14.7. The molecule has 20 heavy (non-hydrogen) atoms. The summed E-state index contributed by atoms with van der Waals surface area (Å²) in [6, 6.07) is 0. The summed E-state index contributed by atoms with van der Waals surface area (Å²) in [5.74, 6) is -1.51. The van der Waals surface area contributed by atoms with Gasteiger partial charge in [0.25, 0.3) is 0 Å². The van der Waals surface area contributed by atoms with Crippen molar-refractivity contribution in [1.82, 2.24) is 9.97 Å². The molecule has 1 N–H and O–H groups in total. The zero-order valence-corrected chi connectivity index (χ0v) is 10.9. The van der Waals surface area contributed by atoms with E-state index in [2.05, 4.69) is 9.97 Å². The third kappa shape index (κ3) is 2.76. The maximum atomic E-state index is 13.2. The van der Waals surface area contributed by atoms with E-state index in [0.29, 0.717) is 11.4 Å². The van der Waals surface area contributed by atoms with Crippen molar-refractivity contribution in [1.29, 1.82) is 0 Å². The van der Waals surface area contributed by atoms with Gasteiger partial charge in [0, 0.05) is 24.7 Å². The number of carboxylic acid groups (broad SMARTS) is 1. The Balaban J connectivity index is 2.30. The van der Waals surface area contributed by atoms with E-state index in [1.807, 2.05) is 0 Å². The number of nitrogens with zero attached hydrogens (tertiary/aromatic N) is 2. The van der Waals surface area contributed by atoms with Gasteiger partial charge in [-0.15, -0.1) is 0 Å². The topological polar surface area (TPSA) is 63.1 Å².